The number of thioether (sulfide) groups is 1. The number of benzene rings is 1. The summed E-state index contributed by atoms with van der Waals surface area (Å²) in [6, 6.07) is 13.5. The maximum Gasteiger partial charge on any atom is 0.272 e. The van der Waals surface area contributed by atoms with Gasteiger partial charge in [0.25, 0.3) is 11.5 Å². The van der Waals surface area contributed by atoms with Gasteiger partial charge in [0.2, 0.25) is 0 Å². The van der Waals surface area contributed by atoms with E-state index in [4.69, 9.17) is 5.73 Å². The Morgan fingerprint density at radius 2 is 2.03 bits per heavy atom. The van der Waals surface area contributed by atoms with Gasteiger partial charge in [0, 0.05) is 18.3 Å². The number of aromatic nitrogens is 4. The highest BCUT2D eigenvalue weighted by Gasteiger charge is 2.16. The summed E-state index contributed by atoms with van der Waals surface area (Å²) in [4.78, 5) is 30.2. The van der Waals surface area contributed by atoms with Crippen molar-refractivity contribution in [3.63, 3.8) is 0 Å². The van der Waals surface area contributed by atoms with Gasteiger partial charge < -0.3 is 5.73 Å². The van der Waals surface area contributed by atoms with Crippen LogP contribution in [0.3, 0.4) is 0 Å². The third-order valence-corrected chi connectivity index (χ3v) is 6.32. The predicted octanol–water partition coefficient (Wildman–Crippen LogP) is 3.22. The molecule has 3 heterocycles. The molecule has 0 aliphatic carbocycles. The Labute approximate surface area is 175 Å². The molecular weight excluding hydrogens is 406 g/mol. The van der Waals surface area contributed by atoms with Gasteiger partial charge in [-0.15, -0.1) is 16.4 Å². The Morgan fingerprint density at radius 1 is 1.24 bits per heavy atom. The zero-order valence-electron chi connectivity index (χ0n) is 15.7. The molecule has 0 atom stereocenters. The van der Waals surface area contributed by atoms with E-state index in [1.807, 2.05) is 41.8 Å². The third-order valence-electron chi connectivity index (χ3n) is 4.47. The van der Waals surface area contributed by atoms with Crippen LogP contribution in [0.4, 0.5) is 5.82 Å². The molecule has 2 N–H and O–H groups in total. The highest BCUT2D eigenvalue weighted by Crippen LogP contribution is 2.22. The number of thiophene rings is 1. The van der Waals surface area contributed by atoms with Crippen molar-refractivity contribution >= 4 is 45.0 Å². The van der Waals surface area contributed by atoms with Crippen LogP contribution in [0.1, 0.15) is 16.1 Å². The second-order valence-corrected chi connectivity index (χ2v) is 8.39. The van der Waals surface area contributed by atoms with Crippen molar-refractivity contribution in [2.45, 2.75) is 25.0 Å². The van der Waals surface area contributed by atoms with Crippen LogP contribution in [0.5, 0.6) is 0 Å². The molecule has 0 saturated heterocycles. The van der Waals surface area contributed by atoms with Crippen LogP contribution >= 0.6 is 23.1 Å². The van der Waals surface area contributed by atoms with Crippen LogP contribution in [-0.4, -0.2) is 31.0 Å². The lowest BCUT2D eigenvalue weighted by atomic mass is 10.1. The number of aryl methyl sites for hydroxylation is 2. The maximum absolute atomic E-state index is 13.0. The van der Waals surface area contributed by atoms with Gasteiger partial charge in [-0.25, -0.2) is 9.67 Å². The molecule has 0 amide bonds. The van der Waals surface area contributed by atoms with Crippen molar-refractivity contribution in [3.8, 4) is 0 Å². The van der Waals surface area contributed by atoms with E-state index < -0.39 is 0 Å². The number of rotatable bonds is 6. The van der Waals surface area contributed by atoms with E-state index in [1.165, 1.54) is 27.8 Å². The molecule has 0 saturated carbocycles. The van der Waals surface area contributed by atoms with Crippen LogP contribution < -0.4 is 11.3 Å². The topological polar surface area (TPSA) is 95.8 Å². The Morgan fingerprint density at radius 3 is 2.76 bits per heavy atom. The van der Waals surface area contributed by atoms with E-state index in [0.717, 1.165) is 5.56 Å². The summed E-state index contributed by atoms with van der Waals surface area (Å²) >= 11 is 2.63. The first-order valence-electron chi connectivity index (χ1n) is 9.03. The number of nitrogen functional groups attached to an aromatic ring is 1. The molecular formula is C20H19N5O2S2. The fourth-order valence-electron chi connectivity index (χ4n) is 3.05. The molecule has 0 aliphatic heterocycles. The lowest BCUT2D eigenvalue weighted by molar-refractivity contribution is 0.0924. The minimum Gasteiger partial charge on any atom is -0.382 e. The Kier molecular flexibility index (Phi) is 5.50. The van der Waals surface area contributed by atoms with Gasteiger partial charge in [-0.2, -0.15) is 0 Å². The summed E-state index contributed by atoms with van der Waals surface area (Å²) in [6.45, 7) is 2.27. The largest absolute Gasteiger partial charge is 0.382 e. The van der Waals surface area contributed by atoms with E-state index in [1.54, 1.807) is 17.6 Å². The SMILES string of the molecule is Cc1cc(N)nn1C(=O)CSc1nc2ccsc2c(=O)n1CCc1ccccc1. The quantitative estimate of drug-likeness (QED) is 0.376. The molecule has 4 rings (SSSR count). The first-order valence-corrected chi connectivity index (χ1v) is 10.9. The van der Waals surface area contributed by atoms with Crippen molar-refractivity contribution in [2.75, 3.05) is 11.5 Å². The summed E-state index contributed by atoms with van der Waals surface area (Å²) in [7, 11) is 0. The van der Waals surface area contributed by atoms with Crippen LogP contribution in [-0.2, 0) is 13.0 Å². The fourth-order valence-corrected chi connectivity index (χ4v) is 4.70. The molecule has 0 radical (unpaired) electrons. The predicted molar refractivity (Wildman–Crippen MR) is 117 cm³/mol. The first kappa shape index (κ1) is 19.4. The minimum absolute atomic E-state index is 0.0737. The van der Waals surface area contributed by atoms with E-state index >= 15 is 0 Å². The van der Waals surface area contributed by atoms with Crippen LogP contribution in [0.15, 0.2) is 57.8 Å². The van der Waals surface area contributed by atoms with E-state index in [2.05, 4.69) is 10.1 Å². The van der Waals surface area contributed by atoms with Crippen molar-refractivity contribution in [3.05, 3.63) is 69.5 Å². The van der Waals surface area contributed by atoms with Crippen LogP contribution in [0, 0.1) is 6.92 Å². The van der Waals surface area contributed by atoms with Crippen molar-refractivity contribution in [1.29, 1.82) is 0 Å². The lowest BCUT2D eigenvalue weighted by Gasteiger charge is -2.12. The molecule has 9 heteroatoms. The number of carbonyl (C=O) groups excluding carboxylic acids is 1. The Balaban J connectivity index is 1.61. The van der Waals surface area contributed by atoms with Crippen LogP contribution in [0.2, 0.25) is 0 Å². The van der Waals surface area contributed by atoms with Gasteiger partial charge in [0.1, 0.15) is 10.5 Å². The highest BCUT2D eigenvalue weighted by atomic mass is 32.2. The molecule has 1 aromatic carbocycles. The molecule has 0 fully saturated rings. The monoisotopic (exact) mass is 425 g/mol. The number of hydrogen-bond donors (Lipinski definition) is 1. The summed E-state index contributed by atoms with van der Waals surface area (Å²) < 4.78 is 3.58. The smallest absolute Gasteiger partial charge is 0.272 e. The maximum atomic E-state index is 13.0. The number of nitrogens with zero attached hydrogens (tertiary/aromatic N) is 4. The molecule has 4 aromatic rings. The second-order valence-electron chi connectivity index (χ2n) is 6.53. The minimum atomic E-state index is -0.210. The lowest BCUT2D eigenvalue weighted by Crippen LogP contribution is -2.24. The van der Waals surface area contributed by atoms with Gasteiger partial charge in [-0.05, 0) is 30.4 Å². The number of carbonyl (C=O) groups is 1. The highest BCUT2D eigenvalue weighted by molar-refractivity contribution is 7.99. The fraction of sp³-hybridized carbons (Fsp3) is 0.200. The van der Waals surface area contributed by atoms with Gasteiger partial charge >= 0.3 is 0 Å². The van der Waals surface area contributed by atoms with Crippen LogP contribution in [0.25, 0.3) is 10.2 Å². The average Bonchev–Trinajstić information content (AvgIpc) is 3.32. The van der Waals surface area contributed by atoms with Gasteiger partial charge in [-0.3, -0.25) is 14.2 Å². The molecule has 7 nitrogen and oxygen atoms in total. The molecule has 148 valence electrons. The first-order chi connectivity index (χ1) is 14.0. The summed E-state index contributed by atoms with van der Waals surface area (Å²) in [6.07, 6.45) is 0.704. The van der Waals surface area contributed by atoms with Crippen molar-refractivity contribution in [2.24, 2.45) is 0 Å². The molecule has 3 aromatic heterocycles. The van der Waals surface area contributed by atoms with E-state index in [9.17, 15) is 9.59 Å². The zero-order chi connectivity index (χ0) is 20.4. The van der Waals surface area contributed by atoms with E-state index in [-0.39, 0.29) is 17.2 Å². The molecule has 29 heavy (non-hydrogen) atoms. The van der Waals surface area contributed by atoms with Gasteiger partial charge in [0.15, 0.2) is 5.16 Å². The Bertz CT molecular complexity index is 1230. The molecule has 0 spiro atoms. The van der Waals surface area contributed by atoms with Gasteiger partial charge in [-0.1, -0.05) is 42.1 Å². The number of hydrogen-bond acceptors (Lipinski definition) is 7. The standard InChI is InChI=1S/C20H19N5O2S2/c1-13-11-16(21)23-25(13)17(26)12-29-20-22-15-8-10-28-18(15)19(27)24(20)9-7-14-5-3-2-4-6-14/h2-6,8,10-11H,7,9,12H2,1H3,(H2,21,23). The Hall–Kier alpha value is -2.91. The third kappa shape index (κ3) is 4.10. The normalized spacial score (nSPS) is 11.2. The summed E-state index contributed by atoms with van der Waals surface area (Å²) in [5, 5.41) is 6.41. The van der Waals surface area contributed by atoms with Gasteiger partial charge in [0.05, 0.1) is 11.3 Å². The number of nitrogens with two attached hydrogens (primary N) is 1. The number of anilines is 1. The summed E-state index contributed by atoms with van der Waals surface area (Å²) in [5.74, 6) is 0.201. The molecule has 0 bridgehead atoms. The van der Waals surface area contributed by atoms with Crippen molar-refractivity contribution in [1.82, 2.24) is 19.3 Å². The summed E-state index contributed by atoms with van der Waals surface area (Å²) in [5.41, 5.74) is 8.07. The number of fused-ring (bicyclic) bond motifs is 1. The average molecular weight is 426 g/mol. The van der Waals surface area contributed by atoms with Crippen molar-refractivity contribution < 1.29 is 4.79 Å². The molecule has 0 aliphatic rings. The second kappa shape index (κ2) is 8.22. The zero-order valence-corrected chi connectivity index (χ0v) is 17.4. The molecule has 0 unspecified atom stereocenters. The van der Waals surface area contributed by atoms with E-state index in [0.29, 0.717) is 39.9 Å².